The number of rotatable bonds is 5. The Morgan fingerprint density at radius 1 is 1.23 bits per heavy atom. The lowest BCUT2D eigenvalue weighted by Crippen LogP contribution is -2.39. The molecule has 0 spiro atoms. The molecular formula is C24H27N3O3S. The number of carbonyl (C=O) groups is 1. The summed E-state index contributed by atoms with van der Waals surface area (Å²) in [7, 11) is 2.00. The van der Waals surface area contributed by atoms with Crippen LogP contribution < -0.4 is 9.47 Å². The third kappa shape index (κ3) is 4.00. The van der Waals surface area contributed by atoms with E-state index >= 15 is 0 Å². The van der Waals surface area contributed by atoms with Gasteiger partial charge in [-0.05, 0) is 56.6 Å². The summed E-state index contributed by atoms with van der Waals surface area (Å²) in [6, 6.07) is 14.4. The second-order valence-electron chi connectivity index (χ2n) is 8.26. The Kier molecular flexibility index (Phi) is 5.54. The minimum atomic E-state index is 0.0803. The van der Waals surface area contributed by atoms with E-state index in [0.29, 0.717) is 19.8 Å². The van der Waals surface area contributed by atoms with Gasteiger partial charge in [0, 0.05) is 6.54 Å². The third-order valence-electron chi connectivity index (χ3n) is 6.24. The molecule has 1 saturated heterocycles. The van der Waals surface area contributed by atoms with E-state index < -0.39 is 0 Å². The van der Waals surface area contributed by atoms with Crippen LogP contribution in [0.1, 0.15) is 42.4 Å². The third-order valence-corrected chi connectivity index (χ3v) is 7.44. The highest BCUT2D eigenvalue weighted by Gasteiger charge is 2.32. The lowest BCUT2D eigenvalue weighted by atomic mass is 10.0. The van der Waals surface area contributed by atoms with Crippen molar-refractivity contribution >= 4 is 27.5 Å². The fourth-order valence-corrected chi connectivity index (χ4v) is 5.46. The first kappa shape index (κ1) is 20.3. The number of ether oxygens (including phenoxy) is 2. The van der Waals surface area contributed by atoms with Crippen LogP contribution in [0, 0.1) is 0 Å². The quantitative estimate of drug-likeness (QED) is 0.591. The molecule has 162 valence electrons. The number of nitrogens with zero attached hydrogens (tertiary/aromatic N) is 3. The summed E-state index contributed by atoms with van der Waals surface area (Å²) in [5.74, 6) is 1.73. The maximum Gasteiger partial charge on any atom is 0.237 e. The summed E-state index contributed by atoms with van der Waals surface area (Å²) in [5, 5.41) is 1.04. The van der Waals surface area contributed by atoms with Gasteiger partial charge in [-0.25, -0.2) is 4.98 Å². The van der Waals surface area contributed by atoms with Gasteiger partial charge in [-0.3, -0.25) is 9.69 Å². The van der Waals surface area contributed by atoms with Gasteiger partial charge in [0.2, 0.25) is 5.91 Å². The molecule has 5 rings (SSSR count). The molecule has 31 heavy (non-hydrogen) atoms. The molecule has 0 saturated carbocycles. The number of likely N-dealkylation sites (N-methyl/N-ethyl adjacent to an activating group) is 1. The zero-order valence-electron chi connectivity index (χ0n) is 17.9. The number of amides is 1. The number of hydrogen-bond acceptors (Lipinski definition) is 6. The molecule has 1 aromatic heterocycles. The molecule has 0 radical (unpaired) electrons. The van der Waals surface area contributed by atoms with E-state index in [1.54, 1.807) is 11.3 Å². The number of para-hydroxylation sites is 1. The largest absolute Gasteiger partial charge is 0.486 e. The summed E-state index contributed by atoms with van der Waals surface area (Å²) in [5.41, 5.74) is 2.14. The maximum absolute atomic E-state index is 13.2. The average Bonchev–Trinajstić information content (AvgIpc) is 3.45. The van der Waals surface area contributed by atoms with Crippen molar-refractivity contribution in [1.82, 2.24) is 14.8 Å². The van der Waals surface area contributed by atoms with Crippen molar-refractivity contribution in [3.8, 4) is 11.5 Å². The van der Waals surface area contributed by atoms with Gasteiger partial charge >= 0.3 is 0 Å². The molecule has 0 bridgehead atoms. The Balaban J connectivity index is 1.28. The minimum Gasteiger partial charge on any atom is -0.486 e. The van der Waals surface area contributed by atoms with E-state index in [1.807, 2.05) is 42.3 Å². The highest BCUT2D eigenvalue weighted by atomic mass is 32.1. The molecule has 3 heterocycles. The zero-order valence-corrected chi connectivity index (χ0v) is 18.7. The predicted octanol–water partition coefficient (Wildman–Crippen LogP) is 4.42. The monoisotopic (exact) mass is 437 g/mol. The first-order chi connectivity index (χ1) is 15.1. The van der Waals surface area contributed by atoms with Crippen LogP contribution in [-0.2, 0) is 4.79 Å². The second kappa shape index (κ2) is 8.48. The van der Waals surface area contributed by atoms with Gasteiger partial charge in [0.15, 0.2) is 11.5 Å². The van der Waals surface area contributed by atoms with Crippen molar-refractivity contribution in [1.29, 1.82) is 0 Å². The summed E-state index contributed by atoms with van der Waals surface area (Å²) >= 11 is 1.70. The first-order valence-electron chi connectivity index (χ1n) is 10.8. The molecule has 0 aliphatic carbocycles. The lowest BCUT2D eigenvalue weighted by Gasteiger charge is -2.30. The van der Waals surface area contributed by atoms with Gasteiger partial charge in [-0.15, -0.1) is 11.3 Å². The van der Waals surface area contributed by atoms with Crippen LogP contribution in [0.3, 0.4) is 0 Å². The number of fused-ring (bicyclic) bond motifs is 2. The van der Waals surface area contributed by atoms with Crippen LogP contribution in [0.2, 0.25) is 0 Å². The van der Waals surface area contributed by atoms with Gasteiger partial charge in [-0.1, -0.05) is 18.2 Å². The van der Waals surface area contributed by atoms with Crippen LogP contribution in [0.5, 0.6) is 11.5 Å². The molecule has 1 fully saturated rings. The molecule has 1 amide bonds. The Hall–Kier alpha value is -2.64. The zero-order chi connectivity index (χ0) is 21.4. The van der Waals surface area contributed by atoms with E-state index in [0.717, 1.165) is 47.0 Å². The Labute approximate surface area is 186 Å². The van der Waals surface area contributed by atoms with Gasteiger partial charge < -0.3 is 14.4 Å². The van der Waals surface area contributed by atoms with Crippen LogP contribution in [-0.4, -0.2) is 54.0 Å². The molecule has 6 nitrogen and oxygen atoms in total. The number of benzene rings is 2. The number of aromatic nitrogens is 1. The molecule has 3 aromatic rings. The van der Waals surface area contributed by atoms with Crippen molar-refractivity contribution in [2.75, 3.05) is 33.4 Å². The van der Waals surface area contributed by atoms with E-state index in [4.69, 9.17) is 14.5 Å². The van der Waals surface area contributed by atoms with Gasteiger partial charge in [0.1, 0.15) is 18.2 Å². The van der Waals surface area contributed by atoms with Gasteiger partial charge in [0.25, 0.3) is 0 Å². The topological polar surface area (TPSA) is 54.9 Å². The highest BCUT2D eigenvalue weighted by Crippen LogP contribution is 2.38. The predicted molar refractivity (Wildman–Crippen MR) is 122 cm³/mol. The average molecular weight is 438 g/mol. The maximum atomic E-state index is 13.2. The van der Waals surface area contributed by atoms with Crippen molar-refractivity contribution < 1.29 is 14.3 Å². The molecule has 2 unspecified atom stereocenters. The van der Waals surface area contributed by atoms with Crippen LogP contribution in [0.15, 0.2) is 42.5 Å². The Morgan fingerprint density at radius 3 is 2.87 bits per heavy atom. The summed E-state index contributed by atoms with van der Waals surface area (Å²) in [4.78, 5) is 22.1. The first-order valence-corrected chi connectivity index (χ1v) is 11.7. The van der Waals surface area contributed by atoms with E-state index in [1.165, 1.54) is 4.70 Å². The summed E-state index contributed by atoms with van der Waals surface area (Å²) in [6.45, 7) is 4.44. The van der Waals surface area contributed by atoms with E-state index in [9.17, 15) is 4.79 Å². The van der Waals surface area contributed by atoms with Gasteiger partial charge in [0.05, 0.1) is 28.8 Å². The SMILES string of the molecule is CC(c1nc2ccccc2s1)N(C)CC(=O)N1CCCC1c1ccc2c(c1)OCCO2. The van der Waals surface area contributed by atoms with Crippen LogP contribution >= 0.6 is 11.3 Å². The summed E-state index contributed by atoms with van der Waals surface area (Å²) < 4.78 is 12.6. The van der Waals surface area contributed by atoms with Crippen molar-refractivity contribution in [3.63, 3.8) is 0 Å². The lowest BCUT2D eigenvalue weighted by molar-refractivity contribution is -0.133. The second-order valence-corrected chi connectivity index (χ2v) is 9.32. The molecular weight excluding hydrogens is 410 g/mol. The normalized spacial score (nSPS) is 19.2. The fraction of sp³-hybridized carbons (Fsp3) is 0.417. The van der Waals surface area contributed by atoms with E-state index in [2.05, 4.69) is 24.0 Å². The Bertz CT molecular complexity index is 1070. The number of thiazole rings is 1. The van der Waals surface area contributed by atoms with Crippen molar-refractivity contribution in [2.24, 2.45) is 0 Å². The van der Waals surface area contributed by atoms with Crippen molar-refractivity contribution in [3.05, 3.63) is 53.0 Å². The Morgan fingerprint density at radius 2 is 2.03 bits per heavy atom. The number of carbonyl (C=O) groups excluding carboxylic acids is 1. The minimum absolute atomic E-state index is 0.0803. The number of likely N-dealkylation sites (tertiary alicyclic amines) is 1. The van der Waals surface area contributed by atoms with Gasteiger partial charge in [-0.2, -0.15) is 0 Å². The molecule has 2 atom stereocenters. The smallest absolute Gasteiger partial charge is 0.237 e. The van der Waals surface area contributed by atoms with Crippen molar-refractivity contribution in [2.45, 2.75) is 31.8 Å². The number of hydrogen-bond donors (Lipinski definition) is 0. The fourth-order valence-electron chi connectivity index (χ4n) is 4.38. The van der Waals surface area contributed by atoms with Crippen LogP contribution in [0.4, 0.5) is 0 Å². The molecule has 0 N–H and O–H groups in total. The molecule has 7 heteroatoms. The molecule has 2 aromatic carbocycles. The highest BCUT2D eigenvalue weighted by molar-refractivity contribution is 7.18. The molecule has 2 aliphatic heterocycles. The van der Waals surface area contributed by atoms with E-state index in [-0.39, 0.29) is 18.0 Å². The summed E-state index contributed by atoms with van der Waals surface area (Å²) in [6.07, 6.45) is 1.99. The molecule has 2 aliphatic rings. The standard InChI is InChI=1S/C24H27N3O3S/c1-16(24-25-18-6-3-4-8-22(18)31-24)26(2)15-23(28)27-11-5-7-19(27)17-9-10-20-21(14-17)30-13-12-29-20/h3-4,6,8-10,14,16,19H,5,7,11-13,15H2,1-2H3. The van der Waals surface area contributed by atoms with Crippen LogP contribution in [0.25, 0.3) is 10.2 Å².